The molecule has 0 unspecified atom stereocenters. The van der Waals surface area contributed by atoms with E-state index in [9.17, 15) is 26.4 Å². The van der Waals surface area contributed by atoms with Gasteiger partial charge in [-0.05, 0) is 83.9 Å². The highest BCUT2D eigenvalue weighted by Crippen LogP contribution is 2.31. The second kappa shape index (κ2) is 13.8. The van der Waals surface area contributed by atoms with E-state index in [1.807, 2.05) is 0 Å². The Morgan fingerprint density at radius 2 is 0.860 bits per heavy atom. The van der Waals surface area contributed by atoms with E-state index >= 15 is 0 Å². The molecule has 0 aliphatic heterocycles. The molecule has 0 spiro atoms. The summed E-state index contributed by atoms with van der Waals surface area (Å²) in [5.74, 6) is -0.613. The SMILES string of the molecule is CC(=O)OCc1ccc(S(=O)(=O)Oc2ccc(Sc3ccc(OS(=O)(=O)c4ccc(COC(C)=O)cc4)cc3)cc2)cc1. The van der Waals surface area contributed by atoms with E-state index in [4.69, 9.17) is 17.8 Å². The van der Waals surface area contributed by atoms with Gasteiger partial charge in [0.15, 0.2) is 0 Å². The smallest absolute Gasteiger partial charge is 0.339 e. The van der Waals surface area contributed by atoms with Crippen molar-refractivity contribution in [1.82, 2.24) is 0 Å². The van der Waals surface area contributed by atoms with E-state index in [-0.39, 0.29) is 34.5 Å². The maximum Gasteiger partial charge on any atom is 0.339 e. The van der Waals surface area contributed by atoms with Gasteiger partial charge in [0.1, 0.15) is 34.5 Å². The Hall–Kier alpha value is -4.33. The third kappa shape index (κ3) is 9.33. The van der Waals surface area contributed by atoms with Crippen molar-refractivity contribution in [3.8, 4) is 11.5 Å². The van der Waals surface area contributed by atoms with Gasteiger partial charge in [0.05, 0.1) is 0 Å². The Labute approximate surface area is 253 Å². The van der Waals surface area contributed by atoms with Crippen LogP contribution in [0.4, 0.5) is 0 Å². The Kier molecular flexibility index (Phi) is 10.1. The van der Waals surface area contributed by atoms with Crippen LogP contribution in [0, 0.1) is 0 Å². The monoisotopic (exact) mass is 642 g/mol. The van der Waals surface area contributed by atoms with Crippen LogP contribution in [0.15, 0.2) is 117 Å². The minimum atomic E-state index is -4.08. The summed E-state index contributed by atoms with van der Waals surface area (Å²) in [4.78, 5) is 23.4. The van der Waals surface area contributed by atoms with Gasteiger partial charge in [0, 0.05) is 23.6 Å². The molecule has 0 radical (unpaired) electrons. The van der Waals surface area contributed by atoms with Gasteiger partial charge in [-0.25, -0.2) is 0 Å². The van der Waals surface area contributed by atoms with Gasteiger partial charge in [0.25, 0.3) is 0 Å². The number of ether oxygens (including phenoxy) is 2. The van der Waals surface area contributed by atoms with Crippen molar-refractivity contribution < 1.29 is 44.3 Å². The summed E-state index contributed by atoms with van der Waals surface area (Å²) in [5, 5.41) is 0. The quantitative estimate of drug-likeness (QED) is 0.143. The number of carbonyl (C=O) groups is 2. The number of carbonyl (C=O) groups excluding carboxylic acids is 2. The first-order chi connectivity index (χ1) is 20.4. The van der Waals surface area contributed by atoms with Crippen LogP contribution < -0.4 is 8.37 Å². The lowest BCUT2D eigenvalue weighted by Crippen LogP contribution is -2.10. The number of benzene rings is 4. The molecule has 0 fully saturated rings. The molecule has 0 aliphatic carbocycles. The predicted molar refractivity (Wildman–Crippen MR) is 156 cm³/mol. The van der Waals surface area contributed by atoms with E-state index in [1.54, 1.807) is 24.3 Å². The average Bonchev–Trinajstić information content (AvgIpc) is 2.97. The summed E-state index contributed by atoms with van der Waals surface area (Å²) in [6.45, 7) is 2.66. The molecule has 0 atom stereocenters. The zero-order valence-electron chi connectivity index (χ0n) is 23.0. The van der Waals surface area contributed by atoms with Crippen molar-refractivity contribution in [3.63, 3.8) is 0 Å². The fraction of sp³-hybridized carbons (Fsp3) is 0.133. The van der Waals surface area contributed by atoms with E-state index < -0.39 is 32.2 Å². The molecule has 4 aromatic rings. The topological polar surface area (TPSA) is 139 Å². The maximum atomic E-state index is 12.7. The summed E-state index contributed by atoms with van der Waals surface area (Å²) in [6, 6.07) is 24.5. The van der Waals surface area contributed by atoms with Crippen LogP contribution in [0.1, 0.15) is 25.0 Å². The Balaban J connectivity index is 1.33. The van der Waals surface area contributed by atoms with Gasteiger partial charge < -0.3 is 17.8 Å². The molecule has 4 aromatic carbocycles. The highest BCUT2D eigenvalue weighted by Gasteiger charge is 2.18. The summed E-state index contributed by atoms with van der Waals surface area (Å²) >= 11 is 1.37. The fourth-order valence-corrected chi connectivity index (χ4v) is 6.16. The van der Waals surface area contributed by atoms with Crippen LogP contribution in [0.3, 0.4) is 0 Å². The molecule has 13 heteroatoms. The molecule has 0 aromatic heterocycles. The summed E-state index contributed by atoms with van der Waals surface area (Å²) in [5.41, 5.74) is 1.28. The largest absolute Gasteiger partial charge is 0.461 e. The van der Waals surface area contributed by atoms with Gasteiger partial charge in [-0.15, -0.1) is 0 Å². The molecule has 0 amide bonds. The third-order valence-electron chi connectivity index (χ3n) is 5.60. The summed E-state index contributed by atoms with van der Waals surface area (Å²) < 4.78 is 70.9. The molecule has 224 valence electrons. The fourth-order valence-electron chi connectivity index (χ4n) is 3.49. The lowest BCUT2D eigenvalue weighted by atomic mass is 10.2. The average molecular weight is 643 g/mol. The van der Waals surface area contributed by atoms with Gasteiger partial charge >= 0.3 is 32.2 Å². The third-order valence-corrected chi connectivity index (χ3v) is 9.14. The lowest BCUT2D eigenvalue weighted by Gasteiger charge is -2.10. The molecular weight excluding hydrogens is 617 g/mol. The standard InChI is InChI=1S/C30H26O10S3/c1-21(31)37-19-23-3-15-29(16-4-23)42(33,34)39-25-7-11-27(12-8-25)41-28-13-9-26(10-14-28)40-43(35,36)30-17-5-24(6-18-30)20-38-22(2)32/h3-18H,19-20H2,1-2H3. The molecule has 0 heterocycles. The molecular formula is C30H26O10S3. The minimum Gasteiger partial charge on any atom is -0.461 e. The second-order valence-electron chi connectivity index (χ2n) is 8.97. The van der Waals surface area contributed by atoms with Gasteiger partial charge in [-0.3, -0.25) is 9.59 Å². The summed E-state index contributed by atoms with van der Waals surface area (Å²) in [6.07, 6.45) is 0. The van der Waals surface area contributed by atoms with Gasteiger partial charge in [-0.1, -0.05) is 36.0 Å². The maximum absolute atomic E-state index is 12.7. The van der Waals surface area contributed by atoms with Gasteiger partial charge in [-0.2, -0.15) is 16.8 Å². The van der Waals surface area contributed by atoms with Crippen LogP contribution >= 0.6 is 11.8 Å². The van der Waals surface area contributed by atoms with E-state index in [2.05, 4.69) is 0 Å². The van der Waals surface area contributed by atoms with Crippen LogP contribution in [0.2, 0.25) is 0 Å². The lowest BCUT2D eigenvalue weighted by molar-refractivity contribution is -0.143. The Morgan fingerprint density at radius 3 is 1.16 bits per heavy atom. The molecule has 10 nitrogen and oxygen atoms in total. The van der Waals surface area contributed by atoms with Gasteiger partial charge in [0.2, 0.25) is 0 Å². The van der Waals surface area contributed by atoms with E-state index in [0.29, 0.717) is 11.1 Å². The zero-order chi connectivity index (χ0) is 31.0. The molecule has 0 N–H and O–H groups in total. The highest BCUT2D eigenvalue weighted by molar-refractivity contribution is 7.99. The van der Waals surface area contributed by atoms with Crippen LogP contribution in [0.25, 0.3) is 0 Å². The van der Waals surface area contributed by atoms with Crippen LogP contribution in [-0.4, -0.2) is 28.8 Å². The van der Waals surface area contributed by atoms with Crippen LogP contribution in [0.5, 0.6) is 11.5 Å². The van der Waals surface area contributed by atoms with Crippen molar-refractivity contribution in [2.45, 2.75) is 46.6 Å². The number of hydrogen-bond donors (Lipinski definition) is 0. The predicted octanol–water partition coefficient (Wildman–Crippen LogP) is 5.50. The Bertz CT molecular complexity index is 1650. The first-order valence-electron chi connectivity index (χ1n) is 12.6. The molecule has 43 heavy (non-hydrogen) atoms. The number of esters is 2. The van der Waals surface area contributed by atoms with Crippen molar-refractivity contribution in [2.75, 3.05) is 0 Å². The number of hydrogen-bond acceptors (Lipinski definition) is 11. The number of rotatable bonds is 12. The van der Waals surface area contributed by atoms with Crippen molar-refractivity contribution in [1.29, 1.82) is 0 Å². The first kappa shape index (κ1) is 31.6. The highest BCUT2D eigenvalue weighted by atomic mass is 32.2. The second-order valence-corrected chi connectivity index (χ2v) is 13.2. The summed E-state index contributed by atoms with van der Waals surface area (Å²) in [7, 11) is -8.15. The van der Waals surface area contributed by atoms with Crippen molar-refractivity contribution in [3.05, 3.63) is 108 Å². The zero-order valence-corrected chi connectivity index (χ0v) is 25.4. The minimum absolute atomic E-state index is 0.0418. The van der Waals surface area contributed by atoms with E-state index in [0.717, 1.165) is 9.79 Å². The van der Waals surface area contributed by atoms with E-state index in [1.165, 1.54) is 98.4 Å². The van der Waals surface area contributed by atoms with Crippen molar-refractivity contribution >= 4 is 43.9 Å². The van der Waals surface area contributed by atoms with Crippen LogP contribution in [-0.2, 0) is 52.5 Å². The van der Waals surface area contributed by atoms with Crippen molar-refractivity contribution in [2.24, 2.45) is 0 Å². The normalized spacial score (nSPS) is 11.4. The Morgan fingerprint density at radius 1 is 0.535 bits per heavy atom. The first-order valence-corrected chi connectivity index (χ1v) is 16.2. The molecule has 0 bridgehead atoms. The molecule has 0 saturated carbocycles. The molecule has 0 saturated heterocycles. The molecule has 4 rings (SSSR count). The molecule has 0 aliphatic rings.